The van der Waals surface area contributed by atoms with Crippen LogP contribution in [0.15, 0.2) is 0 Å². The molecule has 52 valence electrons. The molecular formula is C7H13NO. The van der Waals surface area contributed by atoms with Crippen molar-refractivity contribution in [2.75, 3.05) is 0 Å². The van der Waals surface area contributed by atoms with Gasteiger partial charge in [0.2, 0.25) is 0 Å². The van der Waals surface area contributed by atoms with Gasteiger partial charge in [0.15, 0.2) is 0 Å². The Labute approximate surface area is 55.4 Å². The summed E-state index contributed by atoms with van der Waals surface area (Å²) in [6.07, 6.45) is 2.52. The molecule has 0 saturated heterocycles. The first-order valence-electron chi connectivity index (χ1n) is 3.52. The van der Waals surface area contributed by atoms with Gasteiger partial charge in [-0.2, -0.15) is 0 Å². The minimum atomic E-state index is 0.310. The molecular weight excluding hydrogens is 114 g/mol. The Hall–Kier alpha value is -0.370. The summed E-state index contributed by atoms with van der Waals surface area (Å²) < 4.78 is 0. The molecule has 0 aromatic rings. The second-order valence-corrected chi connectivity index (χ2v) is 2.75. The van der Waals surface area contributed by atoms with E-state index in [1.165, 1.54) is 0 Å². The summed E-state index contributed by atoms with van der Waals surface area (Å²) in [6.45, 7) is 1.91. The van der Waals surface area contributed by atoms with Gasteiger partial charge in [-0.15, -0.1) is 0 Å². The Bertz CT molecular complexity index is 116. The SMILES string of the molecule is CCC(=O)C1CC(N)C1. The van der Waals surface area contributed by atoms with Crippen LogP contribution >= 0.6 is 0 Å². The molecule has 2 heteroatoms. The number of nitrogens with two attached hydrogens (primary N) is 1. The zero-order chi connectivity index (χ0) is 6.85. The Balaban J connectivity index is 2.23. The standard InChI is InChI=1S/C7H13NO/c1-2-7(9)5-3-6(8)4-5/h5-6H,2-4,8H2,1H3. The molecule has 0 heterocycles. The van der Waals surface area contributed by atoms with Gasteiger partial charge in [0, 0.05) is 18.4 Å². The predicted molar refractivity (Wildman–Crippen MR) is 36.0 cm³/mol. The van der Waals surface area contributed by atoms with E-state index in [1.54, 1.807) is 0 Å². The largest absolute Gasteiger partial charge is 0.328 e. The average molecular weight is 127 g/mol. The minimum absolute atomic E-state index is 0.310. The molecule has 0 bridgehead atoms. The highest BCUT2D eigenvalue weighted by molar-refractivity contribution is 5.81. The molecule has 0 aromatic carbocycles. The summed E-state index contributed by atoms with van der Waals surface area (Å²) in [5.74, 6) is 0.696. The number of carbonyl (C=O) groups excluding carboxylic acids is 1. The fourth-order valence-corrected chi connectivity index (χ4v) is 1.21. The van der Waals surface area contributed by atoms with Crippen LogP contribution in [0, 0.1) is 5.92 Å². The average Bonchev–Trinajstić information content (AvgIpc) is 1.79. The van der Waals surface area contributed by atoms with Gasteiger partial charge in [-0.25, -0.2) is 0 Å². The topological polar surface area (TPSA) is 43.1 Å². The lowest BCUT2D eigenvalue weighted by molar-refractivity contribution is -0.125. The molecule has 1 aliphatic rings. The first-order valence-corrected chi connectivity index (χ1v) is 3.52. The number of ketones is 1. The lowest BCUT2D eigenvalue weighted by Gasteiger charge is -2.30. The smallest absolute Gasteiger partial charge is 0.135 e. The molecule has 2 N–H and O–H groups in total. The van der Waals surface area contributed by atoms with Gasteiger partial charge in [-0.1, -0.05) is 6.92 Å². The third-order valence-corrected chi connectivity index (χ3v) is 1.98. The Morgan fingerprint density at radius 1 is 1.67 bits per heavy atom. The van der Waals surface area contributed by atoms with Gasteiger partial charge in [-0.3, -0.25) is 4.79 Å². The van der Waals surface area contributed by atoms with Gasteiger partial charge in [-0.05, 0) is 12.8 Å². The molecule has 0 atom stereocenters. The first kappa shape index (κ1) is 6.75. The second kappa shape index (κ2) is 2.48. The zero-order valence-corrected chi connectivity index (χ0v) is 5.76. The number of Topliss-reactive ketones (excluding diaryl/α,β-unsaturated/α-hetero) is 1. The summed E-state index contributed by atoms with van der Waals surface area (Å²) in [5.41, 5.74) is 5.51. The van der Waals surface area contributed by atoms with Gasteiger partial charge >= 0.3 is 0 Å². The maximum atomic E-state index is 10.9. The van der Waals surface area contributed by atoms with E-state index in [9.17, 15) is 4.79 Å². The van der Waals surface area contributed by atoms with Gasteiger partial charge in [0.25, 0.3) is 0 Å². The van der Waals surface area contributed by atoms with E-state index in [1.807, 2.05) is 6.92 Å². The summed E-state index contributed by atoms with van der Waals surface area (Å²) in [5, 5.41) is 0. The fraction of sp³-hybridized carbons (Fsp3) is 0.857. The summed E-state index contributed by atoms with van der Waals surface area (Å²) in [6, 6.07) is 0.311. The van der Waals surface area contributed by atoms with Crippen molar-refractivity contribution < 1.29 is 4.79 Å². The van der Waals surface area contributed by atoms with Crippen LogP contribution in [-0.2, 0) is 4.79 Å². The van der Waals surface area contributed by atoms with Crippen molar-refractivity contribution in [2.45, 2.75) is 32.2 Å². The van der Waals surface area contributed by atoms with E-state index in [4.69, 9.17) is 5.73 Å². The molecule has 1 saturated carbocycles. The first-order chi connectivity index (χ1) is 4.24. The molecule has 1 fully saturated rings. The van der Waals surface area contributed by atoms with E-state index in [-0.39, 0.29) is 0 Å². The van der Waals surface area contributed by atoms with Gasteiger partial charge < -0.3 is 5.73 Å². The number of hydrogen-bond acceptors (Lipinski definition) is 2. The summed E-state index contributed by atoms with van der Waals surface area (Å²) in [4.78, 5) is 10.9. The van der Waals surface area contributed by atoms with E-state index in [0.29, 0.717) is 24.2 Å². The van der Waals surface area contributed by atoms with Crippen molar-refractivity contribution in [3.63, 3.8) is 0 Å². The van der Waals surface area contributed by atoms with Crippen LogP contribution in [0.3, 0.4) is 0 Å². The Kier molecular flexibility index (Phi) is 1.86. The minimum Gasteiger partial charge on any atom is -0.328 e. The number of rotatable bonds is 2. The van der Waals surface area contributed by atoms with Crippen LogP contribution in [0.5, 0.6) is 0 Å². The molecule has 0 spiro atoms. The van der Waals surface area contributed by atoms with Crippen molar-refractivity contribution >= 4 is 5.78 Å². The van der Waals surface area contributed by atoms with Gasteiger partial charge in [0.1, 0.15) is 5.78 Å². The molecule has 9 heavy (non-hydrogen) atoms. The van der Waals surface area contributed by atoms with Crippen LogP contribution in [0.4, 0.5) is 0 Å². The molecule has 0 unspecified atom stereocenters. The monoisotopic (exact) mass is 127 g/mol. The van der Waals surface area contributed by atoms with Crippen molar-refractivity contribution in [1.29, 1.82) is 0 Å². The number of carbonyl (C=O) groups is 1. The van der Waals surface area contributed by atoms with E-state index < -0.39 is 0 Å². The van der Waals surface area contributed by atoms with E-state index >= 15 is 0 Å². The lowest BCUT2D eigenvalue weighted by atomic mass is 9.77. The van der Waals surface area contributed by atoms with E-state index in [2.05, 4.69) is 0 Å². The Morgan fingerprint density at radius 2 is 2.22 bits per heavy atom. The van der Waals surface area contributed by atoms with Crippen LogP contribution in [0.1, 0.15) is 26.2 Å². The molecule has 0 amide bonds. The van der Waals surface area contributed by atoms with Crippen LogP contribution in [0.2, 0.25) is 0 Å². The maximum Gasteiger partial charge on any atom is 0.135 e. The molecule has 0 radical (unpaired) electrons. The normalized spacial score (nSPS) is 33.6. The molecule has 1 rings (SSSR count). The van der Waals surface area contributed by atoms with Crippen LogP contribution < -0.4 is 5.73 Å². The third kappa shape index (κ3) is 1.30. The van der Waals surface area contributed by atoms with Crippen molar-refractivity contribution in [3.8, 4) is 0 Å². The lowest BCUT2D eigenvalue weighted by Crippen LogP contribution is -2.40. The van der Waals surface area contributed by atoms with Crippen LogP contribution in [-0.4, -0.2) is 11.8 Å². The maximum absolute atomic E-state index is 10.9. The van der Waals surface area contributed by atoms with Crippen molar-refractivity contribution in [3.05, 3.63) is 0 Å². The molecule has 0 aliphatic heterocycles. The fourth-order valence-electron chi connectivity index (χ4n) is 1.21. The van der Waals surface area contributed by atoms with Crippen molar-refractivity contribution in [2.24, 2.45) is 11.7 Å². The second-order valence-electron chi connectivity index (χ2n) is 2.75. The van der Waals surface area contributed by atoms with Gasteiger partial charge in [0.05, 0.1) is 0 Å². The molecule has 0 aromatic heterocycles. The van der Waals surface area contributed by atoms with Crippen molar-refractivity contribution in [1.82, 2.24) is 0 Å². The third-order valence-electron chi connectivity index (χ3n) is 1.98. The Morgan fingerprint density at radius 3 is 2.56 bits per heavy atom. The molecule has 1 aliphatic carbocycles. The summed E-state index contributed by atoms with van der Waals surface area (Å²) >= 11 is 0. The zero-order valence-electron chi connectivity index (χ0n) is 5.76. The highest BCUT2D eigenvalue weighted by Crippen LogP contribution is 2.26. The summed E-state index contributed by atoms with van der Waals surface area (Å²) in [7, 11) is 0. The number of hydrogen-bond donors (Lipinski definition) is 1. The highest BCUT2D eigenvalue weighted by atomic mass is 16.1. The quantitative estimate of drug-likeness (QED) is 0.593. The predicted octanol–water partition coefficient (Wildman–Crippen LogP) is 0.703. The van der Waals surface area contributed by atoms with Crippen LogP contribution in [0.25, 0.3) is 0 Å². The highest BCUT2D eigenvalue weighted by Gasteiger charge is 2.30. The molecule has 2 nitrogen and oxygen atoms in total. The van der Waals surface area contributed by atoms with E-state index in [0.717, 1.165) is 12.8 Å².